The molecule has 3 rings (SSSR count). The van der Waals surface area contributed by atoms with Crippen LogP contribution in [0.3, 0.4) is 0 Å². The molecule has 1 amide bonds. The zero-order valence-electron chi connectivity index (χ0n) is 14.6. The first-order chi connectivity index (χ1) is 11.8. The molecule has 0 aliphatic carbocycles. The first-order valence-corrected chi connectivity index (χ1v) is 10.2. The second-order valence-electron chi connectivity index (χ2n) is 7.16. The van der Waals surface area contributed by atoms with Crippen molar-refractivity contribution in [3.05, 3.63) is 12.5 Å². The molecular formula is C16H25FN4O3S. The SMILES string of the molecule is CC(C)n1cnc(S(=O)(=O)N2CCC(N3CC(CF)CC3=O)CC2)c1. The highest BCUT2D eigenvalue weighted by Crippen LogP contribution is 2.28. The summed E-state index contributed by atoms with van der Waals surface area (Å²) in [5.41, 5.74) is 0. The van der Waals surface area contributed by atoms with E-state index in [0.29, 0.717) is 32.5 Å². The Bertz CT molecular complexity index is 725. The maximum absolute atomic E-state index is 12.8. The fourth-order valence-electron chi connectivity index (χ4n) is 3.52. The number of nitrogens with zero attached hydrogens (tertiary/aromatic N) is 4. The van der Waals surface area contributed by atoms with Gasteiger partial charge >= 0.3 is 0 Å². The van der Waals surface area contributed by atoms with E-state index in [1.807, 2.05) is 13.8 Å². The van der Waals surface area contributed by atoms with Crippen LogP contribution in [-0.4, -0.2) is 65.4 Å². The molecule has 2 aliphatic rings. The number of hydrogen-bond acceptors (Lipinski definition) is 4. The predicted octanol–water partition coefficient (Wildman–Crippen LogP) is 1.44. The normalized spacial score (nSPS) is 23.8. The third kappa shape index (κ3) is 3.57. The molecule has 1 atom stereocenters. The molecule has 25 heavy (non-hydrogen) atoms. The highest BCUT2D eigenvalue weighted by atomic mass is 32.2. The van der Waals surface area contributed by atoms with Gasteiger partial charge in [-0.25, -0.2) is 13.4 Å². The van der Waals surface area contributed by atoms with Crippen LogP contribution in [0.5, 0.6) is 0 Å². The highest BCUT2D eigenvalue weighted by Gasteiger charge is 2.38. The van der Waals surface area contributed by atoms with Crippen molar-refractivity contribution < 1.29 is 17.6 Å². The molecule has 9 heteroatoms. The van der Waals surface area contributed by atoms with E-state index in [4.69, 9.17) is 0 Å². The molecule has 2 aliphatic heterocycles. The molecule has 1 aromatic heterocycles. The maximum atomic E-state index is 12.8. The monoisotopic (exact) mass is 372 g/mol. The Morgan fingerprint density at radius 2 is 2.00 bits per heavy atom. The minimum atomic E-state index is -3.61. The van der Waals surface area contributed by atoms with Crippen molar-refractivity contribution in [3.8, 4) is 0 Å². The quantitative estimate of drug-likeness (QED) is 0.784. The minimum Gasteiger partial charge on any atom is -0.339 e. The fourth-order valence-corrected chi connectivity index (χ4v) is 4.92. The van der Waals surface area contributed by atoms with Crippen molar-refractivity contribution in [1.29, 1.82) is 0 Å². The topological polar surface area (TPSA) is 75.5 Å². The fraction of sp³-hybridized carbons (Fsp3) is 0.750. The summed E-state index contributed by atoms with van der Waals surface area (Å²) in [5, 5.41) is 0.0643. The summed E-state index contributed by atoms with van der Waals surface area (Å²) in [6.45, 7) is 4.60. The van der Waals surface area contributed by atoms with Gasteiger partial charge in [0.15, 0.2) is 5.03 Å². The number of alkyl halides is 1. The smallest absolute Gasteiger partial charge is 0.262 e. The molecule has 140 valence electrons. The van der Waals surface area contributed by atoms with Gasteiger partial charge in [-0.1, -0.05) is 0 Å². The van der Waals surface area contributed by atoms with E-state index in [9.17, 15) is 17.6 Å². The zero-order valence-corrected chi connectivity index (χ0v) is 15.5. The van der Waals surface area contributed by atoms with E-state index >= 15 is 0 Å². The van der Waals surface area contributed by atoms with Crippen molar-refractivity contribution in [1.82, 2.24) is 18.8 Å². The Morgan fingerprint density at radius 3 is 2.52 bits per heavy atom. The maximum Gasteiger partial charge on any atom is 0.262 e. The Hall–Kier alpha value is -1.48. The van der Waals surface area contributed by atoms with E-state index in [1.54, 1.807) is 15.7 Å². The lowest BCUT2D eigenvalue weighted by Crippen LogP contribution is -2.47. The molecule has 7 nitrogen and oxygen atoms in total. The summed E-state index contributed by atoms with van der Waals surface area (Å²) < 4.78 is 41.5. The second-order valence-corrected chi connectivity index (χ2v) is 9.04. The number of halogens is 1. The molecule has 0 saturated carbocycles. The van der Waals surface area contributed by atoms with Gasteiger partial charge in [0.25, 0.3) is 10.0 Å². The lowest BCUT2D eigenvalue weighted by atomic mass is 10.1. The number of aromatic nitrogens is 2. The average Bonchev–Trinajstić information content (AvgIpc) is 3.22. The van der Waals surface area contributed by atoms with Crippen LogP contribution in [0.25, 0.3) is 0 Å². The van der Waals surface area contributed by atoms with Gasteiger partial charge in [-0.2, -0.15) is 4.31 Å². The lowest BCUT2D eigenvalue weighted by Gasteiger charge is -2.35. The second kappa shape index (κ2) is 7.03. The summed E-state index contributed by atoms with van der Waals surface area (Å²) in [5.74, 6) is -0.228. The van der Waals surface area contributed by atoms with Crippen molar-refractivity contribution in [2.45, 2.75) is 50.2 Å². The minimum absolute atomic E-state index is 0.00345. The zero-order chi connectivity index (χ0) is 18.2. The summed E-state index contributed by atoms with van der Waals surface area (Å²) in [6.07, 6.45) is 4.51. The molecular weight excluding hydrogens is 347 g/mol. The first kappa shape index (κ1) is 18.3. The Balaban J connectivity index is 1.64. The summed E-state index contributed by atoms with van der Waals surface area (Å²) in [4.78, 5) is 17.8. The van der Waals surface area contributed by atoms with Gasteiger partial charge in [0, 0.05) is 50.3 Å². The summed E-state index contributed by atoms with van der Waals surface area (Å²) in [6, 6.07) is 0.149. The molecule has 1 unspecified atom stereocenters. The van der Waals surface area contributed by atoms with Crippen LogP contribution >= 0.6 is 0 Å². The molecule has 2 fully saturated rings. The predicted molar refractivity (Wildman–Crippen MR) is 90.2 cm³/mol. The van der Waals surface area contributed by atoms with E-state index in [-0.39, 0.29) is 35.4 Å². The van der Waals surface area contributed by atoms with Gasteiger partial charge in [-0.15, -0.1) is 0 Å². The van der Waals surface area contributed by atoms with Gasteiger partial charge in [-0.05, 0) is 26.7 Å². The summed E-state index contributed by atoms with van der Waals surface area (Å²) >= 11 is 0. The largest absolute Gasteiger partial charge is 0.339 e. The third-order valence-corrected chi connectivity index (χ3v) is 6.88. The van der Waals surface area contributed by atoms with Crippen molar-refractivity contribution >= 4 is 15.9 Å². The van der Waals surface area contributed by atoms with E-state index in [2.05, 4.69) is 4.98 Å². The number of sulfonamides is 1. The molecule has 0 radical (unpaired) electrons. The Labute approximate surface area is 147 Å². The standard InChI is InChI=1S/C16H25FN4O3S/c1-12(2)19-10-15(18-11-19)25(23,24)20-5-3-14(4-6-20)21-9-13(8-17)7-16(21)22/h10-14H,3-9H2,1-2H3. The number of rotatable bonds is 5. The molecule has 0 spiro atoms. The van der Waals surface area contributed by atoms with Gasteiger partial charge in [0.05, 0.1) is 13.0 Å². The number of hydrogen-bond donors (Lipinski definition) is 0. The van der Waals surface area contributed by atoms with Gasteiger partial charge in [0.1, 0.15) is 0 Å². The Morgan fingerprint density at radius 1 is 1.32 bits per heavy atom. The number of imidazole rings is 1. The molecule has 1 aromatic rings. The number of carbonyl (C=O) groups excluding carboxylic acids is 1. The van der Waals surface area contributed by atoms with Crippen LogP contribution in [0.2, 0.25) is 0 Å². The van der Waals surface area contributed by atoms with Crippen LogP contribution in [0.4, 0.5) is 4.39 Å². The number of piperidine rings is 1. The average molecular weight is 372 g/mol. The van der Waals surface area contributed by atoms with Gasteiger partial charge in [-0.3, -0.25) is 9.18 Å². The molecule has 0 bridgehead atoms. The van der Waals surface area contributed by atoms with Crippen LogP contribution in [-0.2, 0) is 14.8 Å². The van der Waals surface area contributed by atoms with Crippen molar-refractivity contribution in [3.63, 3.8) is 0 Å². The van der Waals surface area contributed by atoms with Crippen LogP contribution in [0.1, 0.15) is 39.2 Å². The van der Waals surface area contributed by atoms with Gasteiger partial charge < -0.3 is 9.47 Å². The number of amides is 1. The van der Waals surface area contributed by atoms with E-state index in [1.165, 1.54) is 10.6 Å². The van der Waals surface area contributed by atoms with E-state index < -0.39 is 16.7 Å². The van der Waals surface area contributed by atoms with Crippen LogP contribution in [0, 0.1) is 5.92 Å². The van der Waals surface area contributed by atoms with Crippen molar-refractivity contribution in [2.75, 3.05) is 26.3 Å². The molecule has 2 saturated heterocycles. The van der Waals surface area contributed by atoms with Crippen molar-refractivity contribution in [2.24, 2.45) is 5.92 Å². The summed E-state index contributed by atoms with van der Waals surface area (Å²) in [7, 11) is -3.61. The van der Waals surface area contributed by atoms with Gasteiger partial charge in [0.2, 0.25) is 5.91 Å². The number of likely N-dealkylation sites (tertiary alicyclic amines) is 1. The van der Waals surface area contributed by atoms with E-state index in [0.717, 1.165) is 0 Å². The molecule has 0 N–H and O–H groups in total. The van der Waals surface area contributed by atoms with Crippen LogP contribution < -0.4 is 0 Å². The molecule has 3 heterocycles. The lowest BCUT2D eigenvalue weighted by molar-refractivity contribution is -0.130. The molecule has 0 aromatic carbocycles. The first-order valence-electron chi connectivity index (χ1n) is 8.72. The highest BCUT2D eigenvalue weighted by molar-refractivity contribution is 7.89. The van der Waals surface area contributed by atoms with Crippen LogP contribution in [0.15, 0.2) is 17.6 Å². The number of carbonyl (C=O) groups is 1. The third-order valence-electron chi connectivity index (χ3n) is 5.10. The Kier molecular flexibility index (Phi) is 5.15.